The van der Waals surface area contributed by atoms with Crippen molar-refractivity contribution in [3.63, 3.8) is 0 Å². The first-order valence-corrected chi connectivity index (χ1v) is 6.26. The van der Waals surface area contributed by atoms with Gasteiger partial charge in [-0.15, -0.1) is 0 Å². The molecule has 0 saturated carbocycles. The van der Waals surface area contributed by atoms with Crippen LogP contribution in [0.2, 0.25) is 15.1 Å². The van der Waals surface area contributed by atoms with Gasteiger partial charge in [-0.3, -0.25) is 0 Å². The van der Waals surface area contributed by atoms with E-state index >= 15 is 0 Å². The first-order valence-electron chi connectivity index (χ1n) is 5.12. The van der Waals surface area contributed by atoms with Crippen molar-refractivity contribution in [2.24, 2.45) is 0 Å². The lowest BCUT2D eigenvalue weighted by molar-refractivity contribution is 0.627. The van der Waals surface area contributed by atoms with Crippen LogP contribution in [-0.4, -0.2) is 0 Å². The molecule has 2 rings (SSSR count). The molecule has 0 bridgehead atoms. The van der Waals surface area contributed by atoms with Crippen LogP contribution in [0, 0.1) is 17.1 Å². The Morgan fingerprint density at radius 1 is 0.947 bits per heavy atom. The van der Waals surface area contributed by atoms with Crippen molar-refractivity contribution < 1.29 is 4.39 Å². The Hall–Kier alpha value is -1.47. The minimum Gasteiger partial charge on any atom is -0.353 e. The first kappa shape index (κ1) is 14.0. The van der Waals surface area contributed by atoms with Crippen molar-refractivity contribution in [3.8, 4) is 6.07 Å². The molecule has 0 saturated heterocycles. The van der Waals surface area contributed by atoms with Crippen LogP contribution >= 0.6 is 34.8 Å². The zero-order valence-electron chi connectivity index (χ0n) is 9.35. The van der Waals surface area contributed by atoms with E-state index in [9.17, 15) is 4.39 Å². The van der Waals surface area contributed by atoms with Crippen LogP contribution in [0.25, 0.3) is 0 Å². The normalized spacial score (nSPS) is 10.1. The standard InChI is InChI=1S/C13H6Cl3FN2/c14-9-4-11(16)13(5-10(9)15)19-12-2-1-8(17)3-7(12)6-18/h1-5,19H. The summed E-state index contributed by atoms with van der Waals surface area (Å²) in [5, 5.41) is 12.9. The number of nitrogens with one attached hydrogen (secondary N) is 1. The van der Waals surface area contributed by atoms with E-state index in [1.807, 2.05) is 6.07 Å². The number of halogens is 4. The van der Waals surface area contributed by atoms with Gasteiger partial charge in [0.25, 0.3) is 0 Å². The van der Waals surface area contributed by atoms with Gasteiger partial charge in [-0.05, 0) is 30.3 Å². The predicted molar refractivity (Wildman–Crippen MR) is 75.9 cm³/mol. The highest BCUT2D eigenvalue weighted by atomic mass is 35.5. The number of anilines is 2. The van der Waals surface area contributed by atoms with Crippen molar-refractivity contribution in [3.05, 3.63) is 56.8 Å². The Balaban J connectivity index is 2.42. The molecule has 0 unspecified atom stereocenters. The molecule has 19 heavy (non-hydrogen) atoms. The topological polar surface area (TPSA) is 35.8 Å². The average Bonchev–Trinajstić information content (AvgIpc) is 2.37. The Morgan fingerprint density at radius 2 is 1.63 bits per heavy atom. The van der Waals surface area contributed by atoms with E-state index in [0.29, 0.717) is 26.4 Å². The lowest BCUT2D eigenvalue weighted by Crippen LogP contribution is -1.95. The van der Waals surface area contributed by atoms with Crippen LogP contribution in [-0.2, 0) is 0 Å². The lowest BCUT2D eigenvalue weighted by Gasteiger charge is -2.11. The number of hydrogen-bond donors (Lipinski definition) is 1. The molecule has 2 aromatic carbocycles. The van der Waals surface area contributed by atoms with E-state index < -0.39 is 5.82 Å². The molecule has 1 N–H and O–H groups in total. The van der Waals surface area contributed by atoms with Gasteiger partial charge in [0.2, 0.25) is 0 Å². The van der Waals surface area contributed by atoms with Crippen LogP contribution in [0.15, 0.2) is 30.3 Å². The van der Waals surface area contributed by atoms with E-state index in [0.717, 1.165) is 6.07 Å². The smallest absolute Gasteiger partial charge is 0.124 e. The van der Waals surface area contributed by atoms with Gasteiger partial charge < -0.3 is 5.32 Å². The number of benzene rings is 2. The Kier molecular flexibility index (Phi) is 4.16. The molecule has 0 spiro atoms. The summed E-state index contributed by atoms with van der Waals surface area (Å²) >= 11 is 17.7. The number of hydrogen-bond acceptors (Lipinski definition) is 2. The molecular weight excluding hydrogens is 310 g/mol. The highest BCUT2D eigenvalue weighted by Gasteiger charge is 2.09. The second-order valence-electron chi connectivity index (χ2n) is 3.67. The van der Waals surface area contributed by atoms with E-state index in [4.69, 9.17) is 40.1 Å². The molecule has 0 aromatic heterocycles. The van der Waals surface area contributed by atoms with Crippen LogP contribution in [0.4, 0.5) is 15.8 Å². The summed E-state index contributed by atoms with van der Waals surface area (Å²) in [6.07, 6.45) is 0. The number of nitriles is 1. The maximum Gasteiger partial charge on any atom is 0.124 e. The van der Waals surface area contributed by atoms with Crippen molar-refractivity contribution >= 4 is 46.2 Å². The Labute approximate surface area is 124 Å². The molecular formula is C13H6Cl3FN2. The quantitative estimate of drug-likeness (QED) is 0.753. The summed E-state index contributed by atoms with van der Waals surface area (Å²) in [5.41, 5.74) is 1.09. The zero-order valence-corrected chi connectivity index (χ0v) is 11.6. The highest BCUT2D eigenvalue weighted by Crippen LogP contribution is 2.34. The van der Waals surface area contributed by atoms with Crippen molar-refractivity contribution in [2.45, 2.75) is 0 Å². The Morgan fingerprint density at radius 3 is 2.32 bits per heavy atom. The molecule has 2 aromatic rings. The summed E-state index contributed by atoms with van der Waals surface area (Å²) in [5.74, 6) is -0.484. The minimum absolute atomic E-state index is 0.169. The van der Waals surface area contributed by atoms with Crippen LogP contribution in [0.3, 0.4) is 0 Å². The maximum absolute atomic E-state index is 13.0. The third-order valence-corrected chi connectivity index (χ3v) is 3.42. The van der Waals surface area contributed by atoms with E-state index in [2.05, 4.69) is 5.32 Å². The second kappa shape index (κ2) is 5.66. The molecule has 0 amide bonds. The van der Waals surface area contributed by atoms with Gasteiger partial charge in [0.15, 0.2) is 0 Å². The van der Waals surface area contributed by atoms with Crippen molar-refractivity contribution in [2.75, 3.05) is 5.32 Å². The highest BCUT2D eigenvalue weighted by molar-refractivity contribution is 6.44. The number of nitrogens with zero attached hydrogens (tertiary/aromatic N) is 1. The monoisotopic (exact) mass is 314 g/mol. The van der Waals surface area contributed by atoms with Gasteiger partial charge in [-0.25, -0.2) is 4.39 Å². The van der Waals surface area contributed by atoms with Gasteiger partial charge in [-0.2, -0.15) is 5.26 Å². The fraction of sp³-hybridized carbons (Fsp3) is 0. The summed E-state index contributed by atoms with van der Waals surface area (Å²) in [4.78, 5) is 0. The third-order valence-electron chi connectivity index (χ3n) is 2.38. The van der Waals surface area contributed by atoms with E-state index in [1.54, 1.807) is 0 Å². The molecule has 0 heterocycles. The molecule has 96 valence electrons. The molecule has 0 aliphatic heterocycles. The van der Waals surface area contributed by atoms with E-state index in [-0.39, 0.29) is 5.56 Å². The second-order valence-corrected chi connectivity index (χ2v) is 4.89. The molecule has 0 fully saturated rings. The van der Waals surface area contributed by atoms with Gasteiger partial charge in [0.05, 0.1) is 32.0 Å². The van der Waals surface area contributed by atoms with Gasteiger partial charge in [0.1, 0.15) is 11.9 Å². The van der Waals surface area contributed by atoms with E-state index in [1.165, 1.54) is 24.3 Å². The van der Waals surface area contributed by atoms with Crippen molar-refractivity contribution in [1.29, 1.82) is 5.26 Å². The number of rotatable bonds is 2. The average molecular weight is 316 g/mol. The zero-order chi connectivity index (χ0) is 14.0. The summed E-state index contributed by atoms with van der Waals surface area (Å²) in [6, 6.07) is 8.75. The predicted octanol–water partition coefficient (Wildman–Crippen LogP) is 5.40. The first-order chi connectivity index (χ1) is 9.01. The molecule has 6 heteroatoms. The van der Waals surface area contributed by atoms with Crippen LogP contribution in [0.5, 0.6) is 0 Å². The third kappa shape index (κ3) is 3.10. The molecule has 0 aliphatic rings. The Bertz CT molecular complexity index is 680. The largest absolute Gasteiger partial charge is 0.353 e. The molecule has 2 nitrogen and oxygen atoms in total. The molecule has 0 radical (unpaired) electrons. The fourth-order valence-corrected chi connectivity index (χ4v) is 2.08. The minimum atomic E-state index is -0.484. The fourth-order valence-electron chi connectivity index (χ4n) is 1.48. The summed E-state index contributed by atoms with van der Waals surface area (Å²) in [6.45, 7) is 0. The summed E-state index contributed by atoms with van der Waals surface area (Å²) < 4.78 is 13.0. The molecule has 0 aliphatic carbocycles. The van der Waals surface area contributed by atoms with Crippen LogP contribution < -0.4 is 5.32 Å². The molecule has 0 atom stereocenters. The summed E-state index contributed by atoms with van der Waals surface area (Å²) in [7, 11) is 0. The van der Waals surface area contributed by atoms with Crippen LogP contribution in [0.1, 0.15) is 5.56 Å². The lowest BCUT2D eigenvalue weighted by atomic mass is 10.2. The SMILES string of the molecule is N#Cc1cc(F)ccc1Nc1cc(Cl)c(Cl)cc1Cl. The van der Waals surface area contributed by atoms with Crippen molar-refractivity contribution in [1.82, 2.24) is 0 Å². The van der Waals surface area contributed by atoms with Gasteiger partial charge in [0, 0.05) is 0 Å². The van der Waals surface area contributed by atoms with Gasteiger partial charge in [-0.1, -0.05) is 34.8 Å². The maximum atomic E-state index is 13.0. The van der Waals surface area contributed by atoms with Gasteiger partial charge >= 0.3 is 0 Å².